The number of nitrogens with zero attached hydrogens (tertiary/aromatic N) is 3. The minimum absolute atomic E-state index is 0.0776. The zero-order valence-electron chi connectivity index (χ0n) is 21.7. The number of methoxy groups -OCH3 is 1. The predicted molar refractivity (Wildman–Crippen MR) is 150 cm³/mol. The fraction of sp³-hybridized carbons (Fsp3) is 0.179. The van der Waals surface area contributed by atoms with Crippen LogP contribution in [0.2, 0.25) is 5.02 Å². The number of rotatable bonds is 8. The average molecular weight is 588 g/mol. The summed E-state index contributed by atoms with van der Waals surface area (Å²) in [4.78, 5) is 4.45. The summed E-state index contributed by atoms with van der Waals surface area (Å²) < 4.78 is 68.4. The number of sulfonamides is 1. The summed E-state index contributed by atoms with van der Waals surface area (Å²) in [6, 6.07) is 12.6. The molecule has 0 aliphatic rings. The lowest BCUT2D eigenvalue weighted by Gasteiger charge is -2.21. The average Bonchev–Trinajstić information content (AvgIpc) is 3.25. The van der Waals surface area contributed by atoms with Crippen molar-refractivity contribution in [1.29, 1.82) is 0 Å². The molecule has 0 spiro atoms. The molecule has 0 amide bonds. The van der Waals surface area contributed by atoms with E-state index in [9.17, 15) is 22.3 Å². The van der Waals surface area contributed by atoms with Crippen LogP contribution in [-0.2, 0) is 23.2 Å². The van der Waals surface area contributed by atoms with Crippen molar-refractivity contribution < 1.29 is 31.8 Å². The summed E-state index contributed by atoms with van der Waals surface area (Å²) in [6.07, 6.45) is 3.99. The molecule has 0 saturated heterocycles. The molecule has 0 atom stereocenters. The summed E-state index contributed by atoms with van der Waals surface area (Å²) in [5, 5.41) is 12.0. The van der Waals surface area contributed by atoms with Crippen molar-refractivity contribution in [3.05, 3.63) is 88.7 Å². The van der Waals surface area contributed by atoms with Gasteiger partial charge < -0.3 is 19.1 Å². The Hall–Kier alpha value is -4.09. The molecule has 3 aromatic carbocycles. The van der Waals surface area contributed by atoms with E-state index in [0.29, 0.717) is 16.7 Å². The van der Waals surface area contributed by atoms with E-state index in [-0.39, 0.29) is 39.4 Å². The highest BCUT2D eigenvalue weighted by Crippen LogP contribution is 2.47. The van der Waals surface area contributed by atoms with Crippen molar-refractivity contribution in [2.75, 3.05) is 24.7 Å². The molecule has 2 aromatic heterocycles. The third-order valence-corrected chi connectivity index (χ3v) is 8.10. The molecule has 0 bridgehead atoms. The number of benzene rings is 3. The van der Waals surface area contributed by atoms with Crippen LogP contribution in [-0.4, -0.2) is 43.5 Å². The van der Waals surface area contributed by atoms with Crippen molar-refractivity contribution in [2.45, 2.75) is 13.2 Å². The fourth-order valence-electron chi connectivity index (χ4n) is 4.52. The normalized spacial score (nSPS) is 11.8. The van der Waals surface area contributed by atoms with Crippen LogP contribution in [0.25, 0.3) is 21.7 Å². The van der Waals surface area contributed by atoms with E-state index in [0.717, 1.165) is 28.3 Å². The number of anilines is 1. The first-order valence-electron chi connectivity index (χ1n) is 12.0. The summed E-state index contributed by atoms with van der Waals surface area (Å²) in [5.41, 5.74) is 0.933. The van der Waals surface area contributed by atoms with E-state index in [1.54, 1.807) is 31.4 Å². The molecule has 5 aromatic rings. The maximum atomic E-state index is 14.8. The van der Waals surface area contributed by atoms with Crippen LogP contribution in [0, 0.1) is 11.6 Å². The first-order chi connectivity index (χ1) is 19.0. The number of aromatic hydroxyl groups is 1. The van der Waals surface area contributed by atoms with E-state index in [4.69, 9.17) is 21.1 Å². The van der Waals surface area contributed by atoms with Crippen LogP contribution >= 0.6 is 11.6 Å². The van der Waals surface area contributed by atoms with Gasteiger partial charge in [-0.3, -0.25) is 9.29 Å². The number of ether oxygens (including phenoxy) is 2. The first kappa shape index (κ1) is 27.5. The lowest BCUT2D eigenvalue weighted by atomic mass is 10.1. The van der Waals surface area contributed by atoms with Crippen LogP contribution in [0.15, 0.2) is 60.9 Å². The van der Waals surface area contributed by atoms with Crippen molar-refractivity contribution in [2.24, 2.45) is 0 Å². The van der Waals surface area contributed by atoms with Crippen LogP contribution in [0.4, 0.5) is 14.5 Å². The van der Waals surface area contributed by atoms with Crippen LogP contribution < -0.4 is 13.8 Å². The van der Waals surface area contributed by atoms with Gasteiger partial charge in [-0.05, 0) is 42.0 Å². The second-order valence-corrected chi connectivity index (χ2v) is 11.6. The molecule has 40 heavy (non-hydrogen) atoms. The Balaban J connectivity index is 1.75. The Morgan fingerprint density at radius 1 is 1.10 bits per heavy atom. The smallest absolute Gasteiger partial charge is 0.232 e. The second-order valence-electron chi connectivity index (χ2n) is 9.14. The molecule has 12 heteroatoms. The van der Waals surface area contributed by atoms with Gasteiger partial charge in [-0.1, -0.05) is 23.7 Å². The first-order valence-corrected chi connectivity index (χ1v) is 14.2. The molecule has 0 aliphatic heterocycles. The van der Waals surface area contributed by atoms with Gasteiger partial charge in [0.15, 0.2) is 5.75 Å². The quantitative estimate of drug-likeness (QED) is 0.229. The van der Waals surface area contributed by atoms with Gasteiger partial charge in [0, 0.05) is 35.8 Å². The number of hydrogen-bond donors (Lipinski definition) is 1. The number of pyridine rings is 1. The van der Waals surface area contributed by atoms with Gasteiger partial charge in [-0.25, -0.2) is 17.2 Å². The number of fused-ring (bicyclic) bond motifs is 2. The lowest BCUT2D eigenvalue weighted by Crippen LogP contribution is -2.25. The van der Waals surface area contributed by atoms with E-state index >= 15 is 0 Å². The van der Waals surface area contributed by atoms with Gasteiger partial charge in [0.05, 0.1) is 36.0 Å². The highest BCUT2D eigenvalue weighted by molar-refractivity contribution is 7.92. The Bertz CT molecular complexity index is 1860. The second kappa shape index (κ2) is 10.5. The Kier molecular flexibility index (Phi) is 7.19. The Morgan fingerprint density at radius 2 is 1.82 bits per heavy atom. The maximum Gasteiger partial charge on any atom is 0.232 e. The van der Waals surface area contributed by atoms with E-state index in [1.165, 1.54) is 24.0 Å². The molecule has 0 radical (unpaired) electrons. The van der Waals surface area contributed by atoms with Gasteiger partial charge in [0.25, 0.3) is 0 Å². The maximum absolute atomic E-state index is 14.8. The van der Waals surface area contributed by atoms with Crippen molar-refractivity contribution in [1.82, 2.24) is 9.55 Å². The molecule has 0 fully saturated rings. The molecule has 5 rings (SSSR count). The minimum atomic E-state index is -3.77. The molecule has 8 nitrogen and oxygen atoms in total. The Morgan fingerprint density at radius 3 is 2.50 bits per heavy atom. The fourth-order valence-corrected chi connectivity index (χ4v) is 5.22. The largest absolute Gasteiger partial charge is 0.497 e. The third-order valence-electron chi connectivity index (χ3n) is 6.63. The molecule has 208 valence electrons. The summed E-state index contributed by atoms with van der Waals surface area (Å²) in [5.74, 6) is -1.36. The van der Waals surface area contributed by atoms with Crippen LogP contribution in [0.3, 0.4) is 0 Å². The monoisotopic (exact) mass is 587 g/mol. The van der Waals surface area contributed by atoms with Crippen molar-refractivity contribution in [3.63, 3.8) is 0 Å². The minimum Gasteiger partial charge on any atom is -0.497 e. The van der Waals surface area contributed by atoms with Crippen molar-refractivity contribution in [3.8, 4) is 17.4 Å². The third kappa shape index (κ3) is 4.86. The van der Waals surface area contributed by atoms with Gasteiger partial charge in [0.2, 0.25) is 15.9 Å². The van der Waals surface area contributed by atoms with E-state index < -0.39 is 34.1 Å². The van der Waals surface area contributed by atoms with Crippen LogP contribution in [0.1, 0.15) is 11.1 Å². The summed E-state index contributed by atoms with van der Waals surface area (Å²) >= 11 is 5.88. The lowest BCUT2D eigenvalue weighted by molar-refractivity contribution is 0.311. The molecule has 0 aliphatic carbocycles. The molecule has 0 unspecified atom stereocenters. The number of aromatic nitrogens is 2. The Labute approximate surface area is 234 Å². The van der Waals surface area contributed by atoms with Gasteiger partial charge >= 0.3 is 0 Å². The number of halogens is 3. The highest BCUT2D eigenvalue weighted by Gasteiger charge is 2.27. The zero-order valence-corrected chi connectivity index (χ0v) is 23.2. The van der Waals surface area contributed by atoms with Gasteiger partial charge in [-0.15, -0.1) is 0 Å². The molecular formula is C28H24ClF2N3O5S. The number of hydrogen-bond acceptors (Lipinski definition) is 6. The van der Waals surface area contributed by atoms with Gasteiger partial charge in [-0.2, -0.15) is 0 Å². The van der Waals surface area contributed by atoms with E-state index in [2.05, 4.69) is 4.98 Å². The zero-order chi connectivity index (χ0) is 28.8. The SMILES string of the molecule is COc1ccc(COc2c3ncccc3c(N(C)S(C)(=O)=O)c3cn(Cc4c(F)ccc(Cl)c4F)c(O)c23)cc1. The topological polar surface area (TPSA) is 93.9 Å². The molecular weight excluding hydrogens is 564 g/mol. The standard InChI is InChI=1S/C28H24ClF2N3O5S/c1-33(40(3,36)37)26-18-5-4-12-32-25(18)27(39-15-16-6-8-17(38-2)9-7-16)23-20(26)14-34(28(23)35)13-19-22(30)11-10-21(29)24(19)31/h4-12,14,35H,13,15H2,1-3H3. The van der Waals surface area contributed by atoms with Gasteiger partial charge in [0.1, 0.15) is 29.5 Å². The van der Waals surface area contributed by atoms with Crippen molar-refractivity contribution >= 4 is 49.0 Å². The molecule has 0 saturated carbocycles. The summed E-state index contributed by atoms with van der Waals surface area (Å²) in [6.45, 7) is -0.351. The highest BCUT2D eigenvalue weighted by atomic mass is 35.5. The molecule has 2 heterocycles. The van der Waals surface area contributed by atoms with E-state index in [1.807, 2.05) is 12.1 Å². The summed E-state index contributed by atoms with van der Waals surface area (Å²) in [7, 11) is -0.837. The van der Waals surface area contributed by atoms with Crippen LogP contribution in [0.5, 0.6) is 17.4 Å². The molecule has 1 N–H and O–H groups in total. The predicted octanol–water partition coefficient (Wildman–Crippen LogP) is 5.86.